The summed E-state index contributed by atoms with van der Waals surface area (Å²) in [5, 5.41) is 7.19. The minimum absolute atomic E-state index is 0.885. The van der Waals surface area contributed by atoms with E-state index in [9.17, 15) is 0 Å². The maximum atomic E-state index is 6.20. The number of nitrogens with zero attached hydrogens (tertiary/aromatic N) is 2. The largest absolute Gasteiger partial charge is 0.456 e. The van der Waals surface area contributed by atoms with Gasteiger partial charge in [0.25, 0.3) is 0 Å². The quantitative estimate of drug-likeness (QED) is 0.159. The predicted octanol–water partition coefficient (Wildman–Crippen LogP) is 15.0. The van der Waals surface area contributed by atoms with E-state index in [-0.39, 0.29) is 0 Å². The van der Waals surface area contributed by atoms with Crippen LogP contribution in [-0.4, -0.2) is 9.55 Å². The number of aromatic nitrogens is 2. The van der Waals surface area contributed by atoms with Crippen LogP contribution in [0.1, 0.15) is 0 Å². The molecule has 12 rings (SSSR count). The van der Waals surface area contributed by atoms with E-state index in [1.54, 1.807) is 0 Å². The van der Waals surface area contributed by atoms with Gasteiger partial charge in [-0.05, 0) is 97.7 Å². The van der Waals surface area contributed by atoms with E-state index in [1.165, 1.54) is 54.9 Å². The summed E-state index contributed by atoms with van der Waals surface area (Å²) in [6.07, 6.45) is 0. The first-order valence-electron chi connectivity index (χ1n) is 19.8. The van der Waals surface area contributed by atoms with Crippen LogP contribution in [0.5, 0.6) is 0 Å². The summed E-state index contributed by atoms with van der Waals surface area (Å²) in [6, 6.07) is 73.9. The fraction of sp³-hybridized carbons (Fsp3) is 0. The molecule has 0 bridgehead atoms. The molecule has 0 aliphatic heterocycles. The lowest BCUT2D eigenvalue weighted by Crippen LogP contribution is -2.00. The molecule has 0 saturated carbocycles. The van der Waals surface area contributed by atoms with Crippen molar-refractivity contribution < 1.29 is 4.42 Å². The van der Waals surface area contributed by atoms with Gasteiger partial charge in [-0.3, -0.25) is 4.57 Å². The van der Waals surface area contributed by atoms with E-state index < -0.39 is 0 Å². The first kappa shape index (κ1) is 32.5. The summed E-state index contributed by atoms with van der Waals surface area (Å²) in [7, 11) is 0. The van der Waals surface area contributed by atoms with E-state index in [0.717, 1.165) is 61.2 Å². The summed E-state index contributed by atoms with van der Waals surface area (Å²) in [6.45, 7) is 0. The van der Waals surface area contributed by atoms with Crippen molar-refractivity contribution in [2.45, 2.75) is 0 Å². The van der Waals surface area contributed by atoms with Crippen molar-refractivity contribution >= 4 is 54.5 Å². The highest BCUT2D eigenvalue weighted by molar-refractivity contribution is 6.26. The van der Waals surface area contributed by atoms with Crippen LogP contribution in [0, 0.1) is 0 Å². The first-order valence-corrected chi connectivity index (χ1v) is 19.8. The van der Waals surface area contributed by atoms with Gasteiger partial charge in [0.1, 0.15) is 17.0 Å². The van der Waals surface area contributed by atoms with Crippen molar-refractivity contribution in [3.63, 3.8) is 0 Å². The van der Waals surface area contributed by atoms with Crippen LogP contribution in [0.2, 0.25) is 0 Å². The average Bonchev–Trinajstić information content (AvgIpc) is 3.85. The molecule has 0 atom stereocenters. The number of pyridine rings is 1. The van der Waals surface area contributed by atoms with Gasteiger partial charge in [-0.15, -0.1) is 0 Å². The molecule has 0 aliphatic rings. The molecule has 9 aromatic carbocycles. The molecular weight excluding hydrogens is 705 g/mol. The zero-order valence-corrected chi connectivity index (χ0v) is 31.4. The monoisotopic (exact) mass is 738 g/mol. The standard InChI is InChI=1S/C55H34N2O/c1-3-10-35(11-4-1)37-18-20-39(21-19-37)43-33-48(40-24-22-38(23-25-40)36-12-5-2-6-13-36)56-53(34-43)57-49-16-9-14-41-26-28-46-44(29-30-50(57)55(46)54(41)49)42-27-31-52-47(32-42)45-15-7-8-17-51(45)58-52/h1-34H. The highest BCUT2D eigenvalue weighted by Crippen LogP contribution is 2.44. The third-order valence-electron chi connectivity index (χ3n) is 11.8. The van der Waals surface area contributed by atoms with Gasteiger partial charge in [-0.2, -0.15) is 0 Å². The highest BCUT2D eigenvalue weighted by Gasteiger charge is 2.21. The van der Waals surface area contributed by atoms with E-state index in [2.05, 4.69) is 199 Å². The number of benzene rings is 9. The Morgan fingerprint density at radius 2 is 0.948 bits per heavy atom. The summed E-state index contributed by atoms with van der Waals surface area (Å²) >= 11 is 0. The van der Waals surface area contributed by atoms with Crippen molar-refractivity contribution in [2.75, 3.05) is 0 Å². The van der Waals surface area contributed by atoms with Gasteiger partial charge in [0, 0.05) is 27.1 Å². The molecule has 0 fully saturated rings. The third kappa shape index (κ3) is 5.18. The average molecular weight is 739 g/mol. The number of rotatable bonds is 6. The van der Waals surface area contributed by atoms with Crippen molar-refractivity contribution in [2.24, 2.45) is 0 Å². The number of hydrogen-bond donors (Lipinski definition) is 0. The van der Waals surface area contributed by atoms with Crippen LogP contribution in [0.15, 0.2) is 211 Å². The molecule has 3 heteroatoms. The van der Waals surface area contributed by atoms with Crippen LogP contribution in [0.3, 0.4) is 0 Å². The Labute approximate surface area is 335 Å². The van der Waals surface area contributed by atoms with Crippen LogP contribution in [0.25, 0.3) is 116 Å². The van der Waals surface area contributed by atoms with Crippen LogP contribution in [-0.2, 0) is 0 Å². The summed E-state index contributed by atoms with van der Waals surface area (Å²) < 4.78 is 8.57. The number of hydrogen-bond acceptors (Lipinski definition) is 2. The molecule has 0 N–H and O–H groups in total. The Kier molecular flexibility index (Phi) is 7.23. The fourth-order valence-electron chi connectivity index (χ4n) is 8.98. The molecule has 58 heavy (non-hydrogen) atoms. The molecule has 12 aromatic rings. The van der Waals surface area contributed by atoms with Crippen LogP contribution >= 0.6 is 0 Å². The van der Waals surface area contributed by atoms with Crippen molar-refractivity contribution in [3.8, 4) is 61.6 Å². The molecule has 0 unspecified atom stereocenters. The molecule has 0 saturated heterocycles. The van der Waals surface area contributed by atoms with Gasteiger partial charge < -0.3 is 4.42 Å². The number of fused-ring (bicyclic) bond motifs is 3. The lowest BCUT2D eigenvalue weighted by Gasteiger charge is -2.14. The zero-order chi connectivity index (χ0) is 38.2. The molecular formula is C55H34N2O. The molecule has 0 radical (unpaired) electrons. The molecule has 270 valence electrons. The second-order valence-electron chi connectivity index (χ2n) is 15.1. The Bertz CT molecular complexity index is 3370. The Morgan fingerprint density at radius 1 is 0.345 bits per heavy atom. The molecule has 3 aromatic heterocycles. The SMILES string of the molecule is c1ccc(-c2ccc(-c3cc(-c4ccc(-c5ccccc5)cc4)nc(-n4c5cccc6ccc7c(-c8ccc9oc%10ccccc%10c9c8)ccc4c7c65)c3)cc2)cc1. The van der Waals surface area contributed by atoms with Crippen molar-refractivity contribution in [3.05, 3.63) is 206 Å². The smallest absolute Gasteiger partial charge is 0.138 e. The summed E-state index contributed by atoms with van der Waals surface area (Å²) in [5.41, 5.74) is 15.5. The predicted molar refractivity (Wildman–Crippen MR) is 242 cm³/mol. The fourth-order valence-corrected chi connectivity index (χ4v) is 8.98. The van der Waals surface area contributed by atoms with Crippen molar-refractivity contribution in [1.29, 1.82) is 0 Å². The van der Waals surface area contributed by atoms with Gasteiger partial charge in [0.2, 0.25) is 0 Å². The first-order chi connectivity index (χ1) is 28.7. The maximum Gasteiger partial charge on any atom is 0.138 e. The Morgan fingerprint density at radius 3 is 1.69 bits per heavy atom. The van der Waals surface area contributed by atoms with E-state index in [4.69, 9.17) is 9.40 Å². The molecule has 3 heterocycles. The summed E-state index contributed by atoms with van der Waals surface area (Å²) in [5.74, 6) is 0.885. The molecule has 0 aliphatic carbocycles. The van der Waals surface area contributed by atoms with Crippen molar-refractivity contribution in [1.82, 2.24) is 9.55 Å². The minimum Gasteiger partial charge on any atom is -0.456 e. The highest BCUT2D eigenvalue weighted by atomic mass is 16.3. The maximum absolute atomic E-state index is 6.20. The molecule has 0 spiro atoms. The van der Waals surface area contributed by atoms with Crippen LogP contribution < -0.4 is 0 Å². The lowest BCUT2D eigenvalue weighted by atomic mass is 9.94. The topological polar surface area (TPSA) is 31.0 Å². The number of para-hydroxylation sites is 1. The Hall–Kier alpha value is -7.75. The molecule has 3 nitrogen and oxygen atoms in total. The van der Waals surface area contributed by atoms with Gasteiger partial charge in [0.15, 0.2) is 0 Å². The normalized spacial score (nSPS) is 11.8. The van der Waals surface area contributed by atoms with Gasteiger partial charge in [-0.1, -0.05) is 164 Å². The van der Waals surface area contributed by atoms with Gasteiger partial charge in [0.05, 0.1) is 16.7 Å². The third-order valence-corrected chi connectivity index (χ3v) is 11.8. The van der Waals surface area contributed by atoms with Crippen LogP contribution in [0.4, 0.5) is 0 Å². The Balaban J connectivity index is 1.06. The second-order valence-corrected chi connectivity index (χ2v) is 15.1. The molecule has 0 amide bonds. The van der Waals surface area contributed by atoms with Gasteiger partial charge >= 0.3 is 0 Å². The van der Waals surface area contributed by atoms with E-state index in [1.807, 2.05) is 12.1 Å². The van der Waals surface area contributed by atoms with Gasteiger partial charge in [-0.25, -0.2) is 4.98 Å². The zero-order valence-electron chi connectivity index (χ0n) is 31.4. The van der Waals surface area contributed by atoms with E-state index in [0.29, 0.717) is 0 Å². The number of furan rings is 1. The minimum atomic E-state index is 0.885. The van der Waals surface area contributed by atoms with E-state index >= 15 is 0 Å². The summed E-state index contributed by atoms with van der Waals surface area (Å²) in [4.78, 5) is 5.49. The lowest BCUT2D eigenvalue weighted by molar-refractivity contribution is 0.669. The second kappa shape index (κ2) is 12.9.